The monoisotopic (exact) mass is 401 g/mol. The van der Waals surface area contributed by atoms with E-state index in [1.807, 2.05) is 0 Å². The summed E-state index contributed by atoms with van der Waals surface area (Å²) in [4.78, 5) is 50.6. The Morgan fingerprint density at radius 2 is 1.93 bits per heavy atom. The van der Waals surface area contributed by atoms with Crippen LogP contribution in [0.25, 0.3) is 0 Å². The van der Waals surface area contributed by atoms with E-state index in [0.29, 0.717) is 0 Å². The van der Waals surface area contributed by atoms with Gasteiger partial charge in [0.25, 0.3) is 17.4 Å². The second-order valence-corrected chi connectivity index (χ2v) is 6.61. The number of non-ortho nitro benzene ring substituents is 1. The van der Waals surface area contributed by atoms with Gasteiger partial charge in [0.1, 0.15) is 6.54 Å². The summed E-state index contributed by atoms with van der Waals surface area (Å²) < 4.78 is 5.56. The van der Waals surface area contributed by atoms with E-state index in [9.17, 15) is 29.8 Å². The highest BCUT2D eigenvalue weighted by atomic mass is 16.6. The van der Waals surface area contributed by atoms with Gasteiger partial charge in [-0.1, -0.05) is 6.07 Å². The number of carbonyl (C=O) groups excluding carboxylic acids is 2. The van der Waals surface area contributed by atoms with Crippen molar-refractivity contribution in [2.24, 2.45) is 0 Å². The molecular formula is C17H15N5O7. The number of benzene rings is 1. The van der Waals surface area contributed by atoms with Crippen LogP contribution in [0.15, 0.2) is 36.4 Å². The van der Waals surface area contributed by atoms with Crippen molar-refractivity contribution in [3.05, 3.63) is 56.6 Å². The predicted octanol–water partition coefficient (Wildman–Crippen LogP) is 2.04. The molecule has 1 aliphatic rings. The molecule has 2 heterocycles. The molecule has 0 atom stereocenters. The first kappa shape index (κ1) is 19.7. The number of hydrogen-bond donors (Lipinski definition) is 1. The maximum Gasteiger partial charge on any atom is 0.366 e. The summed E-state index contributed by atoms with van der Waals surface area (Å²) in [6, 6.07) is 7.72. The molecule has 150 valence electrons. The van der Waals surface area contributed by atoms with Crippen molar-refractivity contribution in [3.63, 3.8) is 0 Å². The summed E-state index contributed by atoms with van der Waals surface area (Å²) in [7, 11) is 0. The average Bonchev–Trinajstić information content (AvgIpc) is 2.65. The Bertz CT molecular complexity index is 1040. The van der Waals surface area contributed by atoms with E-state index in [4.69, 9.17) is 4.74 Å². The zero-order chi connectivity index (χ0) is 21.3. The van der Waals surface area contributed by atoms with Crippen LogP contribution in [-0.2, 0) is 9.59 Å². The minimum atomic E-state index is -1.32. The molecule has 29 heavy (non-hydrogen) atoms. The van der Waals surface area contributed by atoms with Gasteiger partial charge in [0.2, 0.25) is 5.91 Å². The van der Waals surface area contributed by atoms with E-state index in [1.54, 1.807) is 0 Å². The Balaban J connectivity index is 1.89. The fraction of sp³-hybridized carbons (Fsp3) is 0.235. The van der Waals surface area contributed by atoms with Crippen LogP contribution in [0.5, 0.6) is 5.75 Å². The number of pyridine rings is 1. The molecule has 2 aromatic rings. The first-order valence-electron chi connectivity index (χ1n) is 8.29. The van der Waals surface area contributed by atoms with Crippen molar-refractivity contribution in [2.75, 3.05) is 16.8 Å². The number of nitro groups is 2. The fourth-order valence-electron chi connectivity index (χ4n) is 2.73. The molecule has 0 radical (unpaired) electrons. The van der Waals surface area contributed by atoms with Gasteiger partial charge in [0, 0.05) is 23.9 Å². The normalized spacial score (nSPS) is 14.6. The van der Waals surface area contributed by atoms with E-state index in [-0.39, 0.29) is 22.9 Å². The molecule has 0 bridgehead atoms. The Morgan fingerprint density at radius 1 is 1.21 bits per heavy atom. The topological polar surface area (TPSA) is 158 Å². The number of nitrogens with zero attached hydrogens (tertiary/aromatic N) is 4. The molecule has 3 rings (SSSR count). The molecule has 12 heteroatoms. The summed E-state index contributed by atoms with van der Waals surface area (Å²) >= 11 is 0. The number of anilines is 2. The first-order valence-corrected chi connectivity index (χ1v) is 8.29. The van der Waals surface area contributed by atoms with Crippen molar-refractivity contribution in [2.45, 2.75) is 19.4 Å². The lowest BCUT2D eigenvalue weighted by Gasteiger charge is -2.35. The van der Waals surface area contributed by atoms with E-state index in [1.165, 1.54) is 44.2 Å². The van der Waals surface area contributed by atoms with Crippen LogP contribution in [0.3, 0.4) is 0 Å². The SMILES string of the molecule is CC1(C)Oc2ccc([N+](=O)[O-])nc2N(CC(=O)Nc2cccc([N+](=O)[O-])c2)C1=O. The van der Waals surface area contributed by atoms with E-state index in [2.05, 4.69) is 10.3 Å². The third kappa shape index (κ3) is 3.95. The summed E-state index contributed by atoms with van der Waals surface area (Å²) in [5.74, 6) is -1.84. The number of nitro benzene ring substituents is 1. The van der Waals surface area contributed by atoms with Crippen molar-refractivity contribution >= 4 is 34.8 Å². The Labute approximate surface area is 163 Å². The highest BCUT2D eigenvalue weighted by molar-refractivity contribution is 6.07. The third-order valence-electron chi connectivity index (χ3n) is 4.04. The highest BCUT2D eigenvalue weighted by Gasteiger charge is 2.45. The average molecular weight is 401 g/mol. The van der Waals surface area contributed by atoms with Gasteiger partial charge in [-0.05, 0) is 35.9 Å². The van der Waals surface area contributed by atoms with Crippen LogP contribution < -0.4 is 15.0 Å². The van der Waals surface area contributed by atoms with Crippen molar-refractivity contribution in [1.29, 1.82) is 0 Å². The number of ether oxygens (including phenoxy) is 1. The van der Waals surface area contributed by atoms with Gasteiger partial charge in [0.15, 0.2) is 11.4 Å². The molecule has 0 aliphatic carbocycles. The van der Waals surface area contributed by atoms with Gasteiger partial charge >= 0.3 is 5.82 Å². The first-order chi connectivity index (χ1) is 13.6. The predicted molar refractivity (Wildman–Crippen MR) is 99.7 cm³/mol. The molecule has 1 aromatic heterocycles. The van der Waals surface area contributed by atoms with Gasteiger partial charge in [-0.15, -0.1) is 0 Å². The van der Waals surface area contributed by atoms with E-state index < -0.39 is 39.6 Å². The molecule has 0 saturated carbocycles. The van der Waals surface area contributed by atoms with Crippen molar-refractivity contribution < 1.29 is 24.2 Å². The summed E-state index contributed by atoms with van der Waals surface area (Å²) in [6.45, 7) is 2.46. The lowest BCUT2D eigenvalue weighted by atomic mass is 10.1. The number of hydrogen-bond acceptors (Lipinski definition) is 8. The number of fused-ring (bicyclic) bond motifs is 1. The molecular weight excluding hydrogens is 386 g/mol. The Hall–Kier alpha value is -4.09. The summed E-state index contributed by atoms with van der Waals surface area (Å²) in [5.41, 5.74) is -1.37. The number of nitrogens with one attached hydrogen (secondary N) is 1. The van der Waals surface area contributed by atoms with Crippen molar-refractivity contribution in [3.8, 4) is 5.75 Å². The molecule has 0 spiro atoms. The summed E-state index contributed by atoms with van der Waals surface area (Å²) in [6.07, 6.45) is 0. The second-order valence-electron chi connectivity index (χ2n) is 6.61. The van der Waals surface area contributed by atoms with Crippen LogP contribution in [0.2, 0.25) is 0 Å². The number of amides is 2. The summed E-state index contributed by atoms with van der Waals surface area (Å²) in [5, 5.41) is 24.3. The number of carbonyl (C=O) groups is 2. The van der Waals surface area contributed by atoms with Crippen molar-refractivity contribution in [1.82, 2.24) is 4.98 Å². The quantitative estimate of drug-likeness (QED) is 0.589. The Kier molecular flexibility index (Phi) is 4.85. The lowest BCUT2D eigenvalue weighted by molar-refractivity contribution is -0.389. The molecule has 1 N–H and O–H groups in total. The molecule has 2 amide bonds. The second kappa shape index (κ2) is 7.14. The smallest absolute Gasteiger partial charge is 0.366 e. The molecule has 0 saturated heterocycles. The number of rotatable bonds is 5. The maximum atomic E-state index is 12.7. The van der Waals surface area contributed by atoms with Gasteiger partial charge in [-0.25, -0.2) is 0 Å². The van der Waals surface area contributed by atoms with Crippen LogP contribution in [0.1, 0.15) is 13.8 Å². The van der Waals surface area contributed by atoms with Crippen LogP contribution in [0.4, 0.5) is 23.0 Å². The van der Waals surface area contributed by atoms with Gasteiger partial charge in [0.05, 0.1) is 4.92 Å². The van der Waals surface area contributed by atoms with Gasteiger partial charge in [-0.3, -0.25) is 24.6 Å². The minimum absolute atomic E-state index is 0.114. The molecule has 12 nitrogen and oxygen atoms in total. The minimum Gasteiger partial charge on any atom is -0.472 e. The number of aromatic nitrogens is 1. The molecule has 0 unspecified atom stereocenters. The molecule has 1 aliphatic heterocycles. The highest BCUT2D eigenvalue weighted by Crippen LogP contribution is 2.37. The largest absolute Gasteiger partial charge is 0.472 e. The maximum absolute atomic E-state index is 12.7. The molecule has 0 fully saturated rings. The van der Waals surface area contributed by atoms with Gasteiger partial charge < -0.3 is 20.2 Å². The third-order valence-corrected chi connectivity index (χ3v) is 4.04. The van der Waals surface area contributed by atoms with Crippen LogP contribution in [-0.4, -0.2) is 38.8 Å². The van der Waals surface area contributed by atoms with Gasteiger partial charge in [-0.2, -0.15) is 0 Å². The zero-order valence-electron chi connectivity index (χ0n) is 15.3. The van der Waals surface area contributed by atoms with Crippen LogP contribution in [0, 0.1) is 20.2 Å². The van der Waals surface area contributed by atoms with Crippen LogP contribution >= 0.6 is 0 Å². The van der Waals surface area contributed by atoms with E-state index >= 15 is 0 Å². The zero-order valence-corrected chi connectivity index (χ0v) is 15.3. The standard InChI is InChI=1S/C17H15N5O7/c1-17(2)16(24)20(15-12(29-17)6-7-13(19-15)22(27)28)9-14(23)18-10-4-3-5-11(8-10)21(25)26/h3-8H,9H2,1-2H3,(H,18,23). The molecule has 1 aromatic carbocycles. The fourth-order valence-corrected chi connectivity index (χ4v) is 2.73. The van der Waals surface area contributed by atoms with E-state index in [0.717, 1.165) is 11.0 Å². The lowest BCUT2D eigenvalue weighted by Crippen LogP contribution is -2.54. The Morgan fingerprint density at radius 3 is 2.59 bits per heavy atom.